The fraction of sp³-hybridized carbons (Fsp3) is 0.579. The minimum absolute atomic E-state index is 0. The van der Waals surface area contributed by atoms with Gasteiger partial charge in [0.25, 0.3) is 5.91 Å². The highest BCUT2D eigenvalue weighted by atomic mass is 32.1. The van der Waals surface area contributed by atoms with Crippen molar-refractivity contribution in [2.45, 2.75) is 52.4 Å². The van der Waals surface area contributed by atoms with Crippen LogP contribution in [0.3, 0.4) is 0 Å². The van der Waals surface area contributed by atoms with Gasteiger partial charge in [0.2, 0.25) is 0 Å². The fourth-order valence-corrected chi connectivity index (χ4v) is 3.62. The van der Waals surface area contributed by atoms with E-state index in [1.54, 1.807) is 19.1 Å². The first-order valence-corrected chi connectivity index (χ1v) is 9.52. The quantitative estimate of drug-likeness (QED) is 0.482. The zero-order valence-electron chi connectivity index (χ0n) is 16.6. The SMILES string of the molecule is Cc1c(C(=O)N[C@H](C(=O)OC2CCNCC2)C(C)C)ccc2c1B(O)OC2.S. The highest BCUT2D eigenvalue weighted by Gasteiger charge is 2.33. The lowest BCUT2D eigenvalue weighted by Crippen LogP contribution is -2.47. The van der Waals surface area contributed by atoms with Gasteiger partial charge in [-0.2, -0.15) is 13.5 Å². The molecule has 0 radical (unpaired) electrons. The van der Waals surface area contributed by atoms with E-state index in [0.717, 1.165) is 31.5 Å². The molecule has 2 heterocycles. The number of esters is 1. The first-order valence-electron chi connectivity index (χ1n) is 9.52. The van der Waals surface area contributed by atoms with Crippen molar-refractivity contribution in [2.24, 2.45) is 5.92 Å². The number of nitrogens with one attached hydrogen (secondary N) is 2. The molecule has 0 saturated carbocycles. The lowest BCUT2D eigenvalue weighted by molar-refractivity contribution is -0.153. The van der Waals surface area contributed by atoms with Gasteiger partial charge in [-0.25, -0.2) is 4.79 Å². The minimum atomic E-state index is -1.02. The number of amides is 1. The maximum atomic E-state index is 12.8. The molecule has 9 heteroatoms. The van der Waals surface area contributed by atoms with E-state index in [0.29, 0.717) is 23.2 Å². The summed E-state index contributed by atoms with van der Waals surface area (Å²) < 4.78 is 10.8. The van der Waals surface area contributed by atoms with Gasteiger partial charge in [0.05, 0.1) is 6.61 Å². The summed E-state index contributed by atoms with van der Waals surface area (Å²) >= 11 is 0. The van der Waals surface area contributed by atoms with Crippen molar-refractivity contribution >= 4 is 38.0 Å². The van der Waals surface area contributed by atoms with Gasteiger partial charge in [0.15, 0.2) is 0 Å². The van der Waals surface area contributed by atoms with Crippen molar-refractivity contribution in [3.05, 3.63) is 28.8 Å². The molecule has 7 nitrogen and oxygen atoms in total. The molecule has 3 rings (SSSR count). The summed E-state index contributed by atoms with van der Waals surface area (Å²) in [5.41, 5.74) is 2.62. The first-order chi connectivity index (χ1) is 12.9. The number of carbonyl (C=O) groups is 2. The number of rotatable bonds is 5. The normalized spacial score (nSPS) is 17.7. The molecule has 0 bridgehead atoms. The van der Waals surface area contributed by atoms with E-state index in [-0.39, 0.29) is 31.4 Å². The molecule has 28 heavy (non-hydrogen) atoms. The molecule has 1 aromatic rings. The third-order valence-electron chi connectivity index (χ3n) is 5.27. The minimum Gasteiger partial charge on any atom is -0.461 e. The molecule has 154 valence electrons. The number of hydrogen-bond acceptors (Lipinski definition) is 6. The molecule has 1 amide bonds. The lowest BCUT2D eigenvalue weighted by Gasteiger charge is -2.27. The maximum Gasteiger partial charge on any atom is 0.492 e. The van der Waals surface area contributed by atoms with Gasteiger partial charge in [-0.15, -0.1) is 0 Å². The van der Waals surface area contributed by atoms with Crippen LogP contribution in [0, 0.1) is 12.8 Å². The molecule has 1 fully saturated rings. The Hall–Kier alpha value is -1.55. The molecule has 0 aliphatic carbocycles. The monoisotopic (exact) mass is 408 g/mol. The van der Waals surface area contributed by atoms with Crippen LogP contribution in [0.5, 0.6) is 0 Å². The lowest BCUT2D eigenvalue weighted by atomic mass is 9.75. The number of hydrogen-bond donors (Lipinski definition) is 3. The van der Waals surface area contributed by atoms with Crippen LogP contribution < -0.4 is 16.1 Å². The standard InChI is InChI=1S/C19H27BN2O5.H2S/c1-11(2)17(19(24)27-14-6-8-21-9-7-14)22-18(23)15-5-4-13-10-26-20(25)16(13)12(15)3;/h4-5,11,14,17,21,25H,6-10H2,1-3H3,(H,22,23);1H2/t17-;/m0./s1. The Morgan fingerprint density at radius 1 is 1.32 bits per heavy atom. The Balaban J connectivity index is 0.00000280. The average molecular weight is 408 g/mol. The molecule has 3 N–H and O–H groups in total. The van der Waals surface area contributed by atoms with Crippen molar-refractivity contribution in [3.63, 3.8) is 0 Å². The molecule has 0 spiro atoms. The molecule has 1 aromatic carbocycles. The Morgan fingerprint density at radius 3 is 2.64 bits per heavy atom. The van der Waals surface area contributed by atoms with Crippen molar-refractivity contribution in [2.75, 3.05) is 13.1 Å². The molecular formula is C19H29BN2O5S. The molecule has 2 aliphatic heterocycles. The summed E-state index contributed by atoms with van der Waals surface area (Å²) in [6.07, 6.45) is 1.46. The zero-order valence-corrected chi connectivity index (χ0v) is 17.6. The fourth-order valence-electron chi connectivity index (χ4n) is 3.62. The van der Waals surface area contributed by atoms with Crippen LogP contribution in [0.15, 0.2) is 12.1 Å². The summed E-state index contributed by atoms with van der Waals surface area (Å²) in [6.45, 7) is 7.52. The molecule has 0 unspecified atom stereocenters. The number of fused-ring (bicyclic) bond motifs is 1. The topological polar surface area (TPSA) is 96.9 Å². The number of piperidine rings is 1. The summed E-state index contributed by atoms with van der Waals surface area (Å²) in [5.74, 6) is -0.852. The van der Waals surface area contributed by atoms with Crippen molar-refractivity contribution in [1.82, 2.24) is 10.6 Å². The van der Waals surface area contributed by atoms with Gasteiger partial charge < -0.3 is 25.0 Å². The van der Waals surface area contributed by atoms with Gasteiger partial charge in [0, 0.05) is 5.56 Å². The highest BCUT2D eigenvalue weighted by Crippen LogP contribution is 2.17. The van der Waals surface area contributed by atoms with E-state index in [1.807, 2.05) is 13.8 Å². The first kappa shape index (κ1) is 22.7. The molecule has 1 saturated heterocycles. The molecule has 2 aliphatic rings. The molecule has 0 aromatic heterocycles. The Morgan fingerprint density at radius 2 is 2.00 bits per heavy atom. The van der Waals surface area contributed by atoms with Crippen molar-refractivity contribution in [1.29, 1.82) is 0 Å². The van der Waals surface area contributed by atoms with Gasteiger partial charge in [-0.05, 0) is 61.4 Å². The van der Waals surface area contributed by atoms with Crippen LogP contribution >= 0.6 is 13.5 Å². The average Bonchev–Trinajstić information content (AvgIpc) is 3.02. The number of ether oxygens (including phenoxy) is 1. The number of carbonyl (C=O) groups excluding carboxylic acids is 2. The van der Waals surface area contributed by atoms with E-state index in [4.69, 9.17) is 9.39 Å². The van der Waals surface area contributed by atoms with Crippen LogP contribution in [0.1, 0.15) is 48.2 Å². The maximum absolute atomic E-state index is 12.8. The van der Waals surface area contributed by atoms with Gasteiger partial charge in [-0.3, -0.25) is 4.79 Å². The molecular weight excluding hydrogens is 379 g/mol. The van der Waals surface area contributed by atoms with Crippen molar-refractivity contribution < 1.29 is 24.0 Å². The number of benzene rings is 1. The highest BCUT2D eigenvalue weighted by molar-refractivity contribution is 7.59. The summed E-state index contributed by atoms with van der Waals surface area (Å²) in [5, 5.41) is 16.0. The summed E-state index contributed by atoms with van der Waals surface area (Å²) in [4.78, 5) is 25.5. The van der Waals surface area contributed by atoms with Crippen LogP contribution in [-0.2, 0) is 20.8 Å². The van der Waals surface area contributed by atoms with Crippen molar-refractivity contribution in [3.8, 4) is 0 Å². The van der Waals surface area contributed by atoms with Crippen LogP contribution in [0.4, 0.5) is 0 Å². The third kappa shape index (κ3) is 4.89. The van der Waals surface area contributed by atoms with E-state index < -0.39 is 19.1 Å². The van der Waals surface area contributed by atoms with E-state index in [1.165, 1.54) is 0 Å². The second-order valence-corrected chi connectivity index (χ2v) is 7.56. The van der Waals surface area contributed by atoms with Crippen LogP contribution in [-0.4, -0.2) is 49.3 Å². The van der Waals surface area contributed by atoms with Crippen LogP contribution in [0.2, 0.25) is 0 Å². The largest absolute Gasteiger partial charge is 0.492 e. The Kier molecular flexibility index (Phi) is 7.94. The van der Waals surface area contributed by atoms with E-state index in [9.17, 15) is 14.6 Å². The third-order valence-corrected chi connectivity index (χ3v) is 5.27. The Labute approximate surface area is 173 Å². The molecule has 1 atom stereocenters. The van der Waals surface area contributed by atoms with E-state index >= 15 is 0 Å². The predicted molar refractivity (Wildman–Crippen MR) is 112 cm³/mol. The Bertz CT molecular complexity index is 725. The van der Waals surface area contributed by atoms with Crippen LogP contribution in [0.25, 0.3) is 0 Å². The van der Waals surface area contributed by atoms with E-state index in [2.05, 4.69) is 10.6 Å². The second kappa shape index (κ2) is 9.78. The summed E-state index contributed by atoms with van der Waals surface area (Å²) in [7, 11) is -1.02. The predicted octanol–water partition coefficient (Wildman–Crippen LogP) is 0.375. The van der Waals surface area contributed by atoms with Gasteiger partial charge in [0.1, 0.15) is 12.1 Å². The zero-order chi connectivity index (χ0) is 19.6. The van der Waals surface area contributed by atoms with Gasteiger partial charge in [-0.1, -0.05) is 19.9 Å². The smallest absolute Gasteiger partial charge is 0.461 e. The second-order valence-electron chi connectivity index (χ2n) is 7.56. The summed E-state index contributed by atoms with van der Waals surface area (Å²) in [6, 6.07) is 2.77. The van der Waals surface area contributed by atoms with Gasteiger partial charge >= 0.3 is 13.1 Å².